The molecule has 0 aromatic carbocycles. The quantitative estimate of drug-likeness (QED) is 0.434. The molecular formula is C10H14O. The molecule has 2 atom stereocenters. The molecule has 11 heavy (non-hydrogen) atoms. The van der Waals surface area contributed by atoms with E-state index in [0.29, 0.717) is 0 Å². The van der Waals surface area contributed by atoms with Gasteiger partial charge in [0, 0.05) is 0 Å². The molecule has 0 amide bonds. The molecule has 0 aromatic rings. The molecular weight excluding hydrogens is 136 g/mol. The van der Waals surface area contributed by atoms with Crippen LogP contribution in [0.5, 0.6) is 0 Å². The Hall–Kier alpha value is -0.820. The standard InChI is InChI=1S/C10H14O/c1-4-5-8(2)10-7-6-9(3)11-10/h4-7,9-10H,1H2,2-3H3/b8-5+. The monoisotopic (exact) mass is 150 g/mol. The summed E-state index contributed by atoms with van der Waals surface area (Å²) >= 11 is 0. The van der Waals surface area contributed by atoms with Gasteiger partial charge in [0.1, 0.15) is 0 Å². The summed E-state index contributed by atoms with van der Waals surface area (Å²) in [6, 6.07) is 0. The highest BCUT2D eigenvalue weighted by molar-refractivity contribution is 5.21. The first kappa shape index (κ1) is 8.28. The molecule has 0 spiro atoms. The van der Waals surface area contributed by atoms with Gasteiger partial charge in [-0.25, -0.2) is 0 Å². The molecule has 60 valence electrons. The van der Waals surface area contributed by atoms with E-state index in [9.17, 15) is 0 Å². The Morgan fingerprint density at radius 1 is 1.55 bits per heavy atom. The fourth-order valence-corrected chi connectivity index (χ4v) is 1.12. The van der Waals surface area contributed by atoms with E-state index >= 15 is 0 Å². The van der Waals surface area contributed by atoms with E-state index in [2.05, 4.69) is 25.7 Å². The average molecular weight is 150 g/mol. The zero-order valence-corrected chi connectivity index (χ0v) is 7.08. The zero-order valence-electron chi connectivity index (χ0n) is 7.08. The largest absolute Gasteiger partial charge is 0.363 e. The summed E-state index contributed by atoms with van der Waals surface area (Å²) in [4.78, 5) is 0. The highest BCUT2D eigenvalue weighted by Gasteiger charge is 2.15. The van der Waals surface area contributed by atoms with Crippen molar-refractivity contribution in [2.45, 2.75) is 26.1 Å². The number of hydrogen-bond donors (Lipinski definition) is 0. The highest BCUT2D eigenvalue weighted by Crippen LogP contribution is 2.17. The maximum absolute atomic E-state index is 5.55. The van der Waals surface area contributed by atoms with Gasteiger partial charge in [0.05, 0.1) is 12.2 Å². The summed E-state index contributed by atoms with van der Waals surface area (Å²) in [5, 5.41) is 0. The number of rotatable bonds is 2. The summed E-state index contributed by atoms with van der Waals surface area (Å²) in [5.41, 5.74) is 1.21. The summed E-state index contributed by atoms with van der Waals surface area (Å²) in [6.07, 6.45) is 8.35. The second-order valence-electron chi connectivity index (χ2n) is 2.79. The Balaban J connectivity index is 2.57. The summed E-state index contributed by atoms with van der Waals surface area (Å²) in [7, 11) is 0. The van der Waals surface area contributed by atoms with Crippen molar-refractivity contribution in [2.75, 3.05) is 0 Å². The lowest BCUT2D eigenvalue weighted by Crippen LogP contribution is -2.10. The maximum atomic E-state index is 5.55. The minimum absolute atomic E-state index is 0.169. The molecule has 1 aliphatic rings. The Kier molecular flexibility index (Phi) is 2.66. The Morgan fingerprint density at radius 2 is 2.27 bits per heavy atom. The molecule has 0 N–H and O–H groups in total. The second-order valence-corrected chi connectivity index (χ2v) is 2.79. The molecule has 0 aromatic heterocycles. The topological polar surface area (TPSA) is 9.23 Å². The molecule has 2 unspecified atom stereocenters. The van der Waals surface area contributed by atoms with Gasteiger partial charge in [-0.15, -0.1) is 0 Å². The fraction of sp³-hybridized carbons (Fsp3) is 0.400. The lowest BCUT2D eigenvalue weighted by molar-refractivity contribution is 0.0925. The first-order chi connectivity index (χ1) is 5.24. The summed E-state index contributed by atoms with van der Waals surface area (Å²) in [5.74, 6) is 0. The molecule has 0 saturated carbocycles. The van der Waals surface area contributed by atoms with Gasteiger partial charge in [0.25, 0.3) is 0 Å². The third kappa shape index (κ3) is 2.05. The van der Waals surface area contributed by atoms with E-state index in [0.717, 1.165) is 0 Å². The van der Waals surface area contributed by atoms with Crippen LogP contribution in [0.1, 0.15) is 13.8 Å². The van der Waals surface area contributed by atoms with Gasteiger partial charge in [0.15, 0.2) is 0 Å². The Morgan fingerprint density at radius 3 is 2.73 bits per heavy atom. The highest BCUT2D eigenvalue weighted by atomic mass is 16.5. The Bertz CT molecular complexity index is 201. The van der Waals surface area contributed by atoms with Crippen molar-refractivity contribution in [3.05, 3.63) is 36.5 Å². The average Bonchev–Trinajstić information content (AvgIpc) is 2.36. The first-order valence-corrected chi connectivity index (χ1v) is 3.87. The molecule has 0 aliphatic carbocycles. The fourth-order valence-electron chi connectivity index (χ4n) is 1.12. The van der Waals surface area contributed by atoms with Crippen molar-refractivity contribution >= 4 is 0 Å². The summed E-state index contributed by atoms with van der Waals surface area (Å²) in [6.45, 7) is 7.72. The van der Waals surface area contributed by atoms with E-state index < -0.39 is 0 Å². The molecule has 0 saturated heterocycles. The molecule has 0 radical (unpaired) electrons. The van der Waals surface area contributed by atoms with Crippen molar-refractivity contribution in [3.63, 3.8) is 0 Å². The first-order valence-electron chi connectivity index (χ1n) is 3.87. The van der Waals surface area contributed by atoms with Crippen LogP contribution in [0, 0.1) is 0 Å². The molecule has 1 rings (SSSR count). The SMILES string of the molecule is C=C/C=C(\C)C1C=CC(C)O1. The third-order valence-corrected chi connectivity index (χ3v) is 1.75. The van der Waals surface area contributed by atoms with Crippen LogP contribution in [-0.2, 0) is 4.74 Å². The second kappa shape index (κ2) is 3.54. The molecule has 0 fully saturated rings. The predicted octanol–water partition coefficient (Wildman–Crippen LogP) is 2.46. The van der Waals surface area contributed by atoms with Crippen LogP contribution in [0.15, 0.2) is 36.5 Å². The van der Waals surface area contributed by atoms with E-state index in [1.807, 2.05) is 13.0 Å². The third-order valence-electron chi connectivity index (χ3n) is 1.75. The molecule has 1 heterocycles. The molecule has 1 heteroatoms. The van der Waals surface area contributed by atoms with E-state index in [1.54, 1.807) is 6.08 Å². The van der Waals surface area contributed by atoms with Crippen LogP contribution in [0.3, 0.4) is 0 Å². The van der Waals surface area contributed by atoms with Crippen LogP contribution in [0.4, 0.5) is 0 Å². The van der Waals surface area contributed by atoms with E-state index in [-0.39, 0.29) is 12.2 Å². The smallest absolute Gasteiger partial charge is 0.0975 e. The van der Waals surface area contributed by atoms with E-state index in [4.69, 9.17) is 4.74 Å². The normalized spacial score (nSPS) is 30.9. The lowest BCUT2D eigenvalue weighted by atomic mass is 10.1. The number of hydrogen-bond acceptors (Lipinski definition) is 1. The van der Waals surface area contributed by atoms with Crippen LogP contribution >= 0.6 is 0 Å². The van der Waals surface area contributed by atoms with E-state index in [1.165, 1.54) is 5.57 Å². The van der Waals surface area contributed by atoms with Gasteiger partial charge in [-0.1, -0.05) is 30.9 Å². The predicted molar refractivity (Wildman–Crippen MR) is 47.4 cm³/mol. The van der Waals surface area contributed by atoms with Gasteiger partial charge >= 0.3 is 0 Å². The molecule has 0 bridgehead atoms. The van der Waals surface area contributed by atoms with Gasteiger partial charge < -0.3 is 4.74 Å². The molecule has 1 nitrogen and oxygen atoms in total. The number of allylic oxidation sites excluding steroid dienone is 2. The van der Waals surface area contributed by atoms with Crippen molar-refractivity contribution in [3.8, 4) is 0 Å². The molecule has 1 aliphatic heterocycles. The van der Waals surface area contributed by atoms with Crippen molar-refractivity contribution in [1.82, 2.24) is 0 Å². The summed E-state index contributed by atoms with van der Waals surface area (Å²) < 4.78 is 5.55. The van der Waals surface area contributed by atoms with Gasteiger partial charge in [-0.2, -0.15) is 0 Å². The minimum Gasteiger partial charge on any atom is -0.363 e. The van der Waals surface area contributed by atoms with Crippen LogP contribution in [0.25, 0.3) is 0 Å². The van der Waals surface area contributed by atoms with Crippen molar-refractivity contribution < 1.29 is 4.74 Å². The van der Waals surface area contributed by atoms with Gasteiger partial charge in [0.2, 0.25) is 0 Å². The van der Waals surface area contributed by atoms with Crippen molar-refractivity contribution in [1.29, 1.82) is 0 Å². The van der Waals surface area contributed by atoms with Crippen LogP contribution < -0.4 is 0 Å². The van der Waals surface area contributed by atoms with Crippen LogP contribution in [-0.4, -0.2) is 12.2 Å². The van der Waals surface area contributed by atoms with Crippen molar-refractivity contribution in [2.24, 2.45) is 0 Å². The Labute approximate surface area is 68.1 Å². The van der Waals surface area contributed by atoms with Crippen LogP contribution in [0.2, 0.25) is 0 Å². The van der Waals surface area contributed by atoms with Gasteiger partial charge in [-0.3, -0.25) is 0 Å². The zero-order chi connectivity index (χ0) is 8.27. The lowest BCUT2D eigenvalue weighted by Gasteiger charge is -2.10. The minimum atomic E-state index is 0.169. The van der Waals surface area contributed by atoms with Gasteiger partial charge in [-0.05, 0) is 19.4 Å². The number of ether oxygens (including phenoxy) is 1. The maximum Gasteiger partial charge on any atom is 0.0975 e.